The summed E-state index contributed by atoms with van der Waals surface area (Å²) in [6.07, 6.45) is 1.58. The Balaban J connectivity index is 2.19. The Morgan fingerprint density at radius 1 is 1.32 bits per heavy atom. The van der Waals surface area contributed by atoms with E-state index in [4.69, 9.17) is 5.73 Å². The molecule has 0 saturated carbocycles. The lowest BCUT2D eigenvalue weighted by atomic mass is 10.3. The van der Waals surface area contributed by atoms with Crippen LogP contribution < -0.4 is 10.5 Å². The summed E-state index contributed by atoms with van der Waals surface area (Å²) >= 11 is 1.15. The molecule has 19 heavy (non-hydrogen) atoms. The Kier molecular flexibility index (Phi) is 4.13. The summed E-state index contributed by atoms with van der Waals surface area (Å²) in [5, 5.41) is 0. The minimum absolute atomic E-state index is 0.0789. The molecule has 0 unspecified atom stereocenters. The highest BCUT2D eigenvalue weighted by atomic mass is 32.2. The molecule has 0 saturated heterocycles. The monoisotopic (exact) mass is 301 g/mol. The van der Waals surface area contributed by atoms with Crippen molar-refractivity contribution in [1.82, 2.24) is 4.98 Å². The Labute approximate surface area is 114 Å². The molecule has 2 heterocycles. The first-order chi connectivity index (χ1) is 9.01. The molecule has 0 aliphatic rings. The minimum Gasteiger partial charge on any atom is -0.330 e. The van der Waals surface area contributed by atoms with E-state index in [0.717, 1.165) is 28.5 Å². The molecule has 0 bridgehead atoms. The van der Waals surface area contributed by atoms with Gasteiger partial charge in [-0.1, -0.05) is 0 Å². The molecule has 0 aromatic carbocycles. The Bertz CT molecular complexity index is 653. The van der Waals surface area contributed by atoms with Gasteiger partial charge in [0.25, 0.3) is 10.0 Å². The molecule has 0 fully saturated rings. The van der Waals surface area contributed by atoms with Crippen LogP contribution in [0.5, 0.6) is 0 Å². The normalized spacial score (nSPS) is 11.5. The predicted octanol–water partition coefficient (Wildman–Crippen LogP) is 1.58. The van der Waals surface area contributed by atoms with Crippen LogP contribution in [-0.2, 0) is 16.4 Å². The van der Waals surface area contributed by atoms with Crippen LogP contribution in [0.25, 0.3) is 0 Å². The van der Waals surface area contributed by atoms with Gasteiger partial charge in [0.15, 0.2) is 0 Å². The fourth-order valence-corrected chi connectivity index (χ4v) is 3.78. The number of rotatable bonds is 5. The number of hydrogen-bond donors (Lipinski definition) is 2. The maximum Gasteiger partial charge on any atom is 0.272 e. The highest BCUT2D eigenvalue weighted by molar-refractivity contribution is 7.94. The van der Waals surface area contributed by atoms with Gasteiger partial charge in [0.05, 0.1) is 6.20 Å². The van der Waals surface area contributed by atoms with Crippen molar-refractivity contribution < 1.29 is 12.8 Å². The number of halogens is 1. The van der Waals surface area contributed by atoms with Crippen molar-refractivity contribution >= 4 is 27.2 Å². The Hall–Kier alpha value is -1.51. The maximum atomic E-state index is 12.7. The van der Waals surface area contributed by atoms with Crippen LogP contribution in [-0.4, -0.2) is 19.9 Å². The van der Waals surface area contributed by atoms with Crippen molar-refractivity contribution in [2.75, 3.05) is 11.3 Å². The third kappa shape index (κ3) is 3.49. The lowest BCUT2D eigenvalue weighted by Crippen LogP contribution is -2.12. The molecule has 5 nitrogen and oxygen atoms in total. The molecule has 102 valence electrons. The van der Waals surface area contributed by atoms with Crippen LogP contribution in [0.15, 0.2) is 34.7 Å². The predicted molar refractivity (Wildman–Crippen MR) is 72.1 cm³/mol. The molecular weight excluding hydrogens is 289 g/mol. The second-order valence-electron chi connectivity index (χ2n) is 3.73. The Morgan fingerprint density at radius 2 is 2.11 bits per heavy atom. The van der Waals surface area contributed by atoms with E-state index in [2.05, 4.69) is 9.71 Å². The molecule has 0 atom stereocenters. The standard InChI is InChI=1S/C11H12FN3O2S2/c12-8-1-3-10(14-7-8)15-19(16,17)11-4-2-9(18-11)5-6-13/h1-4,7H,5-6,13H2,(H,14,15). The number of nitrogens with zero attached hydrogens (tertiary/aromatic N) is 1. The van der Waals surface area contributed by atoms with Gasteiger partial charge in [-0.2, -0.15) is 0 Å². The average molecular weight is 301 g/mol. The van der Waals surface area contributed by atoms with Crippen molar-refractivity contribution in [3.05, 3.63) is 41.2 Å². The van der Waals surface area contributed by atoms with Crippen molar-refractivity contribution in [3.63, 3.8) is 0 Å². The maximum absolute atomic E-state index is 12.7. The number of thiophene rings is 1. The summed E-state index contributed by atoms with van der Waals surface area (Å²) in [4.78, 5) is 4.55. The molecule has 0 spiro atoms. The number of hydrogen-bond acceptors (Lipinski definition) is 5. The van der Waals surface area contributed by atoms with Crippen LogP contribution in [0.1, 0.15) is 4.88 Å². The van der Waals surface area contributed by atoms with Gasteiger partial charge < -0.3 is 5.73 Å². The molecule has 3 N–H and O–H groups in total. The lowest BCUT2D eigenvalue weighted by Gasteiger charge is -2.04. The van der Waals surface area contributed by atoms with Crippen molar-refractivity contribution in [3.8, 4) is 0 Å². The van der Waals surface area contributed by atoms with Gasteiger partial charge >= 0.3 is 0 Å². The van der Waals surface area contributed by atoms with Crippen LogP contribution in [0.2, 0.25) is 0 Å². The van der Waals surface area contributed by atoms with Gasteiger partial charge in [-0.25, -0.2) is 17.8 Å². The highest BCUT2D eigenvalue weighted by Gasteiger charge is 2.17. The third-order valence-electron chi connectivity index (χ3n) is 2.26. The first kappa shape index (κ1) is 13.9. The first-order valence-electron chi connectivity index (χ1n) is 5.44. The van der Waals surface area contributed by atoms with Crippen LogP contribution >= 0.6 is 11.3 Å². The third-order valence-corrected chi connectivity index (χ3v) is 5.25. The smallest absolute Gasteiger partial charge is 0.272 e. The minimum atomic E-state index is -3.68. The van der Waals surface area contributed by atoms with Crippen molar-refractivity contribution in [2.24, 2.45) is 5.73 Å². The van der Waals surface area contributed by atoms with E-state index in [1.54, 1.807) is 6.07 Å². The van der Waals surface area contributed by atoms with Gasteiger partial charge in [-0.15, -0.1) is 11.3 Å². The lowest BCUT2D eigenvalue weighted by molar-refractivity contribution is 0.602. The quantitative estimate of drug-likeness (QED) is 0.878. The van der Waals surface area contributed by atoms with Gasteiger partial charge in [-0.3, -0.25) is 4.72 Å². The van der Waals surface area contributed by atoms with E-state index >= 15 is 0 Å². The number of aromatic nitrogens is 1. The number of nitrogens with one attached hydrogen (secondary N) is 1. The second kappa shape index (κ2) is 5.64. The topological polar surface area (TPSA) is 85.1 Å². The van der Waals surface area contributed by atoms with Gasteiger partial charge in [0.2, 0.25) is 0 Å². The van der Waals surface area contributed by atoms with Crippen LogP contribution in [0.3, 0.4) is 0 Å². The SMILES string of the molecule is NCCc1ccc(S(=O)(=O)Nc2ccc(F)cn2)s1. The average Bonchev–Trinajstić information content (AvgIpc) is 2.82. The zero-order valence-corrected chi connectivity index (χ0v) is 11.5. The Morgan fingerprint density at radius 3 is 2.74 bits per heavy atom. The molecule has 2 aromatic heterocycles. The van der Waals surface area contributed by atoms with E-state index in [1.807, 2.05) is 0 Å². The van der Waals surface area contributed by atoms with E-state index in [9.17, 15) is 12.8 Å². The van der Waals surface area contributed by atoms with Gasteiger partial charge in [0.1, 0.15) is 15.8 Å². The zero-order valence-electron chi connectivity index (χ0n) is 9.84. The second-order valence-corrected chi connectivity index (χ2v) is 6.80. The number of sulfonamides is 1. The molecule has 0 amide bonds. The largest absolute Gasteiger partial charge is 0.330 e. The van der Waals surface area contributed by atoms with Crippen LogP contribution in [0.4, 0.5) is 10.2 Å². The molecule has 0 radical (unpaired) electrons. The molecular formula is C11H12FN3O2S2. The summed E-state index contributed by atoms with van der Waals surface area (Å²) in [5.41, 5.74) is 5.41. The van der Waals surface area contributed by atoms with E-state index in [1.165, 1.54) is 12.1 Å². The van der Waals surface area contributed by atoms with Crippen molar-refractivity contribution in [2.45, 2.75) is 10.6 Å². The van der Waals surface area contributed by atoms with E-state index in [0.29, 0.717) is 13.0 Å². The molecule has 2 aromatic rings. The molecule has 8 heteroatoms. The van der Waals surface area contributed by atoms with E-state index < -0.39 is 15.8 Å². The number of anilines is 1. The first-order valence-corrected chi connectivity index (χ1v) is 7.74. The molecule has 2 rings (SSSR count). The number of nitrogens with two attached hydrogens (primary N) is 1. The zero-order chi connectivity index (χ0) is 13.9. The van der Waals surface area contributed by atoms with Gasteiger partial charge in [-0.05, 0) is 37.2 Å². The summed E-state index contributed by atoms with van der Waals surface area (Å²) in [7, 11) is -3.68. The summed E-state index contributed by atoms with van der Waals surface area (Å²) in [6.45, 7) is 0.465. The fraction of sp³-hybridized carbons (Fsp3) is 0.182. The van der Waals surface area contributed by atoms with Crippen LogP contribution in [0, 0.1) is 5.82 Å². The summed E-state index contributed by atoms with van der Waals surface area (Å²) in [5.74, 6) is -0.445. The van der Waals surface area contributed by atoms with E-state index in [-0.39, 0.29) is 10.0 Å². The highest BCUT2D eigenvalue weighted by Crippen LogP contribution is 2.23. The number of pyridine rings is 1. The summed E-state index contributed by atoms with van der Waals surface area (Å²) < 4.78 is 39.2. The fourth-order valence-electron chi connectivity index (χ4n) is 1.40. The molecule has 0 aliphatic heterocycles. The summed E-state index contributed by atoms with van der Waals surface area (Å²) in [6, 6.07) is 5.64. The molecule has 0 aliphatic carbocycles. The van der Waals surface area contributed by atoms with Gasteiger partial charge in [0, 0.05) is 4.88 Å². The van der Waals surface area contributed by atoms with Crippen molar-refractivity contribution in [1.29, 1.82) is 0 Å².